The number of piperidine rings is 1. The van der Waals surface area contributed by atoms with Crippen LogP contribution in [0.2, 0.25) is 0 Å². The van der Waals surface area contributed by atoms with Gasteiger partial charge in [-0.05, 0) is 44.4 Å². The Morgan fingerprint density at radius 1 is 1.09 bits per heavy atom. The standard InChI is InChI=1S/C22H32N4O5S/c1-3-8-26-19-5-4-18(16-20(19)31-22(26)28)32(29,30)25-9-6-17(7-10-25)15-21(27)24-13-11-23(2)12-14-24/h4-5,16-17H,3,6-15H2,1-2H3. The highest BCUT2D eigenvalue weighted by atomic mass is 32.2. The molecule has 2 fully saturated rings. The van der Waals surface area contributed by atoms with Crippen LogP contribution in [0.1, 0.15) is 32.6 Å². The van der Waals surface area contributed by atoms with Crippen molar-refractivity contribution in [2.75, 3.05) is 46.3 Å². The van der Waals surface area contributed by atoms with Gasteiger partial charge in [0.05, 0.1) is 10.4 Å². The lowest BCUT2D eigenvalue weighted by molar-refractivity contribution is -0.134. The van der Waals surface area contributed by atoms with Gasteiger partial charge in [0.15, 0.2) is 5.58 Å². The van der Waals surface area contributed by atoms with Crippen LogP contribution in [-0.4, -0.2) is 79.3 Å². The Morgan fingerprint density at radius 2 is 1.78 bits per heavy atom. The topological polar surface area (TPSA) is 96.1 Å². The van der Waals surface area contributed by atoms with Crippen molar-refractivity contribution < 1.29 is 17.6 Å². The molecule has 176 valence electrons. The zero-order valence-electron chi connectivity index (χ0n) is 18.8. The molecule has 0 atom stereocenters. The van der Waals surface area contributed by atoms with Crippen molar-refractivity contribution in [3.05, 3.63) is 28.7 Å². The first-order valence-corrected chi connectivity index (χ1v) is 12.8. The fourth-order valence-electron chi connectivity index (χ4n) is 4.58. The SMILES string of the molecule is CCCn1c(=O)oc2cc(S(=O)(=O)N3CCC(CC(=O)N4CCN(C)CC4)CC3)ccc21. The van der Waals surface area contributed by atoms with Crippen LogP contribution in [0.3, 0.4) is 0 Å². The molecule has 0 N–H and O–H groups in total. The first-order chi connectivity index (χ1) is 15.3. The normalized spacial score (nSPS) is 19.6. The Balaban J connectivity index is 1.39. The average Bonchev–Trinajstić information content (AvgIpc) is 3.09. The maximum atomic E-state index is 13.2. The number of aromatic nitrogens is 1. The lowest BCUT2D eigenvalue weighted by Crippen LogP contribution is -2.48. The van der Waals surface area contributed by atoms with Crippen molar-refractivity contribution in [3.8, 4) is 0 Å². The number of carbonyl (C=O) groups excluding carboxylic acids is 1. The second-order valence-electron chi connectivity index (χ2n) is 8.88. The minimum Gasteiger partial charge on any atom is -0.408 e. The number of amides is 1. The molecule has 0 saturated carbocycles. The van der Waals surface area contributed by atoms with Gasteiger partial charge in [0, 0.05) is 58.3 Å². The van der Waals surface area contributed by atoms with Crippen molar-refractivity contribution in [2.45, 2.75) is 44.0 Å². The molecule has 3 heterocycles. The van der Waals surface area contributed by atoms with E-state index in [2.05, 4.69) is 11.9 Å². The summed E-state index contributed by atoms with van der Waals surface area (Å²) in [7, 11) is -1.63. The summed E-state index contributed by atoms with van der Waals surface area (Å²) in [6, 6.07) is 4.63. The van der Waals surface area contributed by atoms with Crippen LogP contribution < -0.4 is 5.76 Å². The molecule has 0 radical (unpaired) electrons. The molecule has 1 aromatic heterocycles. The number of benzene rings is 1. The summed E-state index contributed by atoms with van der Waals surface area (Å²) in [6.07, 6.45) is 2.60. The lowest BCUT2D eigenvalue weighted by Gasteiger charge is -2.35. The smallest absolute Gasteiger partial charge is 0.408 e. The molecular formula is C22H32N4O5S. The third-order valence-corrected chi connectivity index (χ3v) is 8.51. The van der Waals surface area contributed by atoms with E-state index in [9.17, 15) is 18.0 Å². The fraction of sp³-hybridized carbons (Fsp3) is 0.636. The molecule has 32 heavy (non-hydrogen) atoms. The van der Waals surface area contributed by atoms with Gasteiger partial charge in [-0.25, -0.2) is 13.2 Å². The van der Waals surface area contributed by atoms with Gasteiger partial charge >= 0.3 is 5.76 Å². The number of oxazole rings is 1. The Morgan fingerprint density at radius 3 is 2.44 bits per heavy atom. The van der Waals surface area contributed by atoms with Crippen LogP contribution >= 0.6 is 0 Å². The highest BCUT2D eigenvalue weighted by molar-refractivity contribution is 7.89. The summed E-state index contributed by atoms with van der Waals surface area (Å²) >= 11 is 0. The third-order valence-electron chi connectivity index (χ3n) is 6.62. The number of carbonyl (C=O) groups is 1. The van der Waals surface area contributed by atoms with Crippen LogP contribution in [0.5, 0.6) is 0 Å². The fourth-order valence-corrected chi connectivity index (χ4v) is 6.06. The zero-order valence-corrected chi connectivity index (χ0v) is 19.6. The highest BCUT2D eigenvalue weighted by Gasteiger charge is 2.32. The molecule has 1 aromatic carbocycles. The Bertz CT molecular complexity index is 1120. The maximum Gasteiger partial charge on any atom is 0.419 e. The van der Waals surface area contributed by atoms with Gasteiger partial charge in [0.2, 0.25) is 15.9 Å². The van der Waals surface area contributed by atoms with E-state index in [1.807, 2.05) is 11.8 Å². The van der Waals surface area contributed by atoms with Crippen molar-refractivity contribution in [1.82, 2.24) is 18.7 Å². The van der Waals surface area contributed by atoms with Gasteiger partial charge in [-0.15, -0.1) is 0 Å². The van der Waals surface area contributed by atoms with Crippen LogP contribution in [-0.2, 0) is 21.4 Å². The van der Waals surface area contributed by atoms with Gasteiger partial charge in [0.1, 0.15) is 0 Å². The largest absolute Gasteiger partial charge is 0.419 e. The highest BCUT2D eigenvalue weighted by Crippen LogP contribution is 2.28. The van der Waals surface area contributed by atoms with Gasteiger partial charge in [-0.2, -0.15) is 4.31 Å². The van der Waals surface area contributed by atoms with Crippen molar-refractivity contribution in [3.63, 3.8) is 0 Å². The summed E-state index contributed by atoms with van der Waals surface area (Å²) in [5.41, 5.74) is 0.897. The van der Waals surface area contributed by atoms with E-state index in [-0.39, 0.29) is 22.3 Å². The maximum absolute atomic E-state index is 13.2. The van der Waals surface area contributed by atoms with Crippen LogP contribution in [0.25, 0.3) is 11.1 Å². The molecular weight excluding hydrogens is 432 g/mol. The quantitative estimate of drug-likeness (QED) is 0.644. The number of hydrogen-bond donors (Lipinski definition) is 0. The third kappa shape index (κ3) is 4.62. The van der Waals surface area contributed by atoms with Crippen molar-refractivity contribution >= 4 is 27.0 Å². The molecule has 0 bridgehead atoms. The first kappa shape index (κ1) is 23.0. The molecule has 2 aliphatic rings. The van der Waals surface area contributed by atoms with Crippen molar-refractivity contribution in [1.29, 1.82) is 0 Å². The summed E-state index contributed by atoms with van der Waals surface area (Å²) in [5, 5.41) is 0. The molecule has 2 aromatic rings. The van der Waals surface area contributed by atoms with E-state index in [4.69, 9.17) is 4.42 Å². The number of sulfonamides is 1. The molecule has 9 nitrogen and oxygen atoms in total. The van der Waals surface area contributed by atoms with E-state index in [0.29, 0.717) is 44.4 Å². The van der Waals surface area contributed by atoms with Crippen LogP contribution in [0, 0.1) is 5.92 Å². The summed E-state index contributed by atoms with van der Waals surface area (Å²) < 4.78 is 34.6. The number of rotatable bonds is 6. The number of likely N-dealkylation sites (N-methyl/N-ethyl adjacent to an activating group) is 1. The molecule has 4 rings (SSSR count). The minimum atomic E-state index is -3.69. The van der Waals surface area contributed by atoms with E-state index in [1.165, 1.54) is 14.9 Å². The molecule has 0 unspecified atom stereocenters. The molecule has 2 aliphatic heterocycles. The molecule has 2 saturated heterocycles. The molecule has 0 spiro atoms. The van der Waals surface area contributed by atoms with Gasteiger partial charge in [-0.3, -0.25) is 9.36 Å². The first-order valence-electron chi connectivity index (χ1n) is 11.4. The Kier molecular flexibility index (Phi) is 6.73. The van der Waals surface area contributed by atoms with E-state index in [1.54, 1.807) is 12.1 Å². The van der Waals surface area contributed by atoms with Gasteiger partial charge < -0.3 is 14.2 Å². The van der Waals surface area contributed by atoms with E-state index < -0.39 is 15.8 Å². The molecule has 0 aliphatic carbocycles. The number of nitrogens with zero attached hydrogens (tertiary/aromatic N) is 4. The zero-order chi connectivity index (χ0) is 22.9. The summed E-state index contributed by atoms with van der Waals surface area (Å²) in [4.78, 5) is 28.9. The van der Waals surface area contributed by atoms with Gasteiger partial charge in [-0.1, -0.05) is 6.92 Å². The predicted octanol–water partition coefficient (Wildman–Crippen LogP) is 1.57. The Hall–Kier alpha value is -2.17. The number of hydrogen-bond acceptors (Lipinski definition) is 6. The second-order valence-corrected chi connectivity index (χ2v) is 10.8. The Labute approximate surface area is 188 Å². The van der Waals surface area contributed by atoms with Gasteiger partial charge in [0.25, 0.3) is 0 Å². The molecule has 10 heteroatoms. The number of piperazine rings is 1. The monoisotopic (exact) mass is 464 g/mol. The average molecular weight is 465 g/mol. The summed E-state index contributed by atoms with van der Waals surface area (Å²) in [5.74, 6) is -0.0871. The number of aryl methyl sites for hydroxylation is 1. The minimum absolute atomic E-state index is 0.134. The lowest BCUT2D eigenvalue weighted by atomic mass is 9.94. The van der Waals surface area contributed by atoms with Crippen molar-refractivity contribution in [2.24, 2.45) is 5.92 Å². The summed E-state index contributed by atoms with van der Waals surface area (Å²) in [6.45, 7) is 6.60. The van der Waals surface area contributed by atoms with E-state index in [0.717, 1.165) is 32.6 Å². The van der Waals surface area contributed by atoms with Crippen LogP contribution in [0.4, 0.5) is 0 Å². The van der Waals surface area contributed by atoms with Crippen LogP contribution in [0.15, 0.2) is 32.3 Å². The predicted molar refractivity (Wildman–Crippen MR) is 121 cm³/mol. The molecule has 1 amide bonds. The van der Waals surface area contributed by atoms with E-state index >= 15 is 0 Å². The number of fused-ring (bicyclic) bond motifs is 1. The second kappa shape index (κ2) is 9.36.